The fourth-order valence-corrected chi connectivity index (χ4v) is 3.58. The Morgan fingerprint density at radius 1 is 1.38 bits per heavy atom. The van der Waals surface area contributed by atoms with Gasteiger partial charge in [0.1, 0.15) is 18.2 Å². The van der Waals surface area contributed by atoms with Crippen molar-refractivity contribution in [2.75, 3.05) is 6.61 Å². The number of aliphatic hydroxyl groups excluding tert-OH is 1. The lowest BCUT2D eigenvalue weighted by Gasteiger charge is -2.08. The van der Waals surface area contributed by atoms with Gasteiger partial charge < -0.3 is 15.6 Å². The minimum atomic E-state index is -0.693. The van der Waals surface area contributed by atoms with Crippen molar-refractivity contribution in [3.05, 3.63) is 58.4 Å². The Kier molecular flexibility index (Phi) is 6.54. The number of hydrogen-bond donors (Lipinski definition) is 2. The predicted molar refractivity (Wildman–Crippen MR) is 111 cm³/mol. The summed E-state index contributed by atoms with van der Waals surface area (Å²) in [5, 5.41) is 9.59. The Bertz CT molecular complexity index is 1030. The summed E-state index contributed by atoms with van der Waals surface area (Å²) in [6, 6.07) is 7.32. The maximum Gasteiger partial charge on any atom is 0.277 e. The van der Waals surface area contributed by atoms with Crippen molar-refractivity contribution in [1.29, 1.82) is 0 Å². The van der Waals surface area contributed by atoms with Crippen LogP contribution in [-0.4, -0.2) is 38.7 Å². The molecule has 1 aliphatic rings. The van der Waals surface area contributed by atoms with Crippen molar-refractivity contribution >= 4 is 17.2 Å². The van der Waals surface area contributed by atoms with Crippen LogP contribution in [0.5, 0.6) is 5.75 Å². The summed E-state index contributed by atoms with van der Waals surface area (Å²) in [5.74, 6) is 5.93. The molecule has 2 atom stereocenters. The molecule has 0 bridgehead atoms. The van der Waals surface area contributed by atoms with Gasteiger partial charge in [0.2, 0.25) is 0 Å². The Balaban J connectivity index is 0.000000343. The first-order valence-corrected chi connectivity index (χ1v) is 9.74. The molecule has 0 fully saturated rings. The first-order chi connectivity index (χ1) is 14.0. The van der Waals surface area contributed by atoms with Crippen LogP contribution in [0.25, 0.3) is 11.3 Å². The summed E-state index contributed by atoms with van der Waals surface area (Å²) in [6.45, 7) is 4.15. The van der Waals surface area contributed by atoms with E-state index in [1.54, 1.807) is 25.4 Å². The number of hydrogen-bond acceptors (Lipinski definition) is 7. The highest BCUT2D eigenvalue weighted by Gasteiger charge is 2.26. The van der Waals surface area contributed by atoms with Crippen molar-refractivity contribution in [2.45, 2.75) is 25.9 Å². The average Bonchev–Trinajstić information content (AvgIpc) is 3.13. The zero-order chi connectivity index (χ0) is 20.8. The van der Waals surface area contributed by atoms with E-state index < -0.39 is 12.0 Å². The fourth-order valence-electron chi connectivity index (χ4n) is 2.61. The molecular formula is C21H20N4O3S. The van der Waals surface area contributed by atoms with E-state index in [1.165, 1.54) is 17.7 Å². The number of ether oxygens (including phenoxy) is 1. The molecule has 3 aromatic rings. The van der Waals surface area contributed by atoms with Gasteiger partial charge in [-0.1, -0.05) is 18.8 Å². The number of carbonyl (C=O) groups is 1. The average molecular weight is 408 g/mol. The molecule has 2 aromatic heterocycles. The number of carbonyl (C=O) groups excluding carboxylic acids is 1. The van der Waals surface area contributed by atoms with E-state index in [1.807, 2.05) is 25.1 Å². The van der Waals surface area contributed by atoms with Gasteiger partial charge in [-0.05, 0) is 31.2 Å². The van der Waals surface area contributed by atoms with Crippen LogP contribution in [0.15, 0.2) is 43.0 Å². The molecule has 0 aliphatic carbocycles. The van der Waals surface area contributed by atoms with Crippen molar-refractivity contribution in [3.8, 4) is 28.8 Å². The van der Waals surface area contributed by atoms with Gasteiger partial charge in [0, 0.05) is 34.3 Å². The molecule has 3 N–H and O–H groups in total. The van der Waals surface area contributed by atoms with Crippen molar-refractivity contribution in [1.82, 2.24) is 15.0 Å². The molecule has 148 valence electrons. The minimum Gasteiger partial charge on any atom is -0.492 e. The summed E-state index contributed by atoms with van der Waals surface area (Å²) in [4.78, 5) is 24.2. The maximum atomic E-state index is 11.5. The predicted octanol–water partition coefficient (Wildman–Crippen LogP) is 2.61. The quantitative estimate of drug-likeness (QED) is 0.599. The number of amides is 1. The molecule has 3 heterocycles. The first-order valence-electron chi connectivity index (χ1n) is 8.93. The highest BCUT2D eigenvalue weighted by molar-refractivity contribution is 7.14. The van der Waals surface area contributed by atoms with Gasteiger partial charge in [0.05, 0.1) is 12.3 Å². The van der Waals surface area contributed by atoms with E-state index in [0.717, 1.165) is 21.7 Å². The summed E-state index contributed by atoms with van der Waals surface area (Å²) >= 11 is 1.31. The molecule has 1 aliphatic heterocycles. The molecule has 0 saturated heterocycles. The smallest absolute Gasteiger partial charge is 0.277 e. The van der Waals surface area contributed by atoms with Crippen LogP contribution in [0.2, 0.25) is 0 Å². The number of nitrogens with zero attached hydrogens (tertiary/aromatic N) is 3. The molecule has 0 saturated carbocycles. The largest absolute Gasteiger partial charge is 0.492 e. The van der Waals surface area contributed by atoms with E-state index in [9.17, 15) is 9.90 Å². The van der Waals surface area contributed by atoms with Crippen LogP contribution < -0.4 is 10.5 Å². The number of thiazole rings is 1. The molecule has 29 heavy (non-hydrogen) atoms. The maximum absolute atomic E-state index is 11.5. The lowest BCUT2D eigenvalue weighted by atomic mass is 10.0. The van der Waals surface area contributed by atoms with Crippen LogP contribution in [0, 0.1) is 11.8 Å². The SMILES string of the molecule is CC(O)C#Cc1ccc2c(c1)-c1nc(C(N)=O)sc1C(C)CO2.c1cncnc1. The van der Waals surface area contributed by atoms with E-state index in [2.05, 4.69) is 26.8 Å². The summed E-state index contributed by atoms with van der Waals surface area (Å²) in [6.07, 6.45) is 4.18. The number of rotatable bonds is 1. The van der Waals surface area contributed by atoms with Gasteiger partial charge >= 0.3 is 0 Å². The second-order valence-electron chi connectivity index (χ2n) is 6.37. The second kappa shape index (κ2) is 9.28. The van der Waals surface area contributed by atoms with E-state index in [0.29, 0.717) is 17.4 Å². The monoisotopic (exact) mass is 408 g/mol. The Morgan fingerprint density at radius 2 is 2.14 bits per heavy atom. The topological polar surface area (TPSA) is 111 Å². The number of benzene rings is 1. The van der Waals surface area contributed by atoms with Gasteiger partial charge in [-0.2, -0.15) is 0 Å². The molecular weight excluding hydrogens is 388 g/mol. The Morgan fingerprint density at radius 3 is 2.72 bits per heavy atom. The van der Waals surface area contributed by atoms with Crippen LogP contribution in [0.4, 0.5) is 0 Å². The zero-order valence-electron chi connectivity index (χ0n) is 16.0. The summed E-state index contributed by atoms with van der Waals surface area (Å²) < 4.78 is 5.84. The minimum absolute atomic E-state index is 0.120. The van der Waals surface area contributed by atoms with Crippen LogP contribution in [0.1, 0.15) is 40.0 Å². The first kappa shape index (κ1) is 20.5. The third-order valence-corrected chi connectivity index (χ3v) is 5.24. The molecule has 7 nitrogen and oxygen atoms in total. The van der Waals surface area contributed by atoms with Crippen molar-refractivity contribution in [3.63, 3.8) is 0 Å². The summed E-state index contributed by atoms with van der Waals surface area (Å²) in [5.41, 5.74) is 7.64. The molecule has 8 heteroatoms. The molecule has 1 amide bonds. The van der Waals surface area contributed by atoms with E-state index in [4.69, 9.17) is 10.5 Å². The van der Waals surface area contributed by atoms with Crippen LogP contribution in [0.3, 0.4) is 0 Å². The van der Waals surface area contributed by atoms with Gasteiger partial charge in [-0.25, -0.2) is 15.0 Å². The third-order valence-electron chi connectivity index (χ3n) is 3.94. The van der Waals surface area contributed by atoms with Crippen molar-refractivity contribution in [2.24, 2.45) is 5.73 Å². The highest BCUT2D eigenvalue weighted by Crippen LogP contribution is 2.41. The lowest BCUT2D eigenvalue weighted by molar-refractivity contribution is 0.1000. The highest BCUT2D eigenvalue weighted by atomic mass is 32.1. The van der Waals surface area contributed by atoms with Crippen LogP contribution >= 0.6 is 11.3 Å². The normalized spacial score (nSPS) is 15.1. The molecule has 0 spiro atoms. The number of primary amides is 1. The fraction of sp³-hybridized carbons (Fsp3) is 0.238. The molecule has 1 aromatic carbocycles. The molecule has 2 unspecified atom stereocenters. The number of nitrogens with two attached hydrogens (primary N) is 1. The van der Waals surface area contributed by atoms with E-state index in [-0.39, 0.29) is 5.92 Å². The van der Waals surface area contributed by atoms with Crippen molar-refractivity contribution < 1.29 is 14.6 Å². The Hall–Kier alpha value is -3.28. The standard InChI is InChI=1S/C17H16N2O3S.C4H4N2/c1-9-8-22-13-6-5-11(4-3-10(2)20)7-12(13)14-15(9)23-17(19-14)16(18)21;1-2-5-4-6-3-1/h5-7,9-10,20H,8H2,1-2H3,(H2,18,21);1-4H. The molecule has 4 rings (SSSR count). The van der Waals surface area contributed by atoms with Crippen LogP contribution in [-0.2, 0) is 0 Å². The summed E-state index contributed by atoms with van der Waals surface area (Å²) in [7, 11) is 0. The molecule has 0 radical (unpaired) electrons. The van der Waals surface area contributed by atoms with E-state index >= 15 is 0 Å². The number of aliphatic hydroxyl groups is 1. The van der Waals surface area contributed by atoms with Gasteiger partial charge in [-0.15, -0.1) is 11.3 Å². The van der Waals surface area contributed by atoms with Gasteiger partial charge in [0.15, 0.2) is 5.01 Å². The Labute approximate surface area is 172 Å². The van der Waals surface area contributed by atoms with Gasteiger partial charge in [-0.3, -0.25) is 4.79 Å². The third kappa shape index (κ3) is 5.16. The zero-order valence-corrected chi connectivity index (χ0v) is 16.8. The number of aromatic nitrogens is 3. The lowest BCUT2D eigenvalue weighted by Crippen LogP contribution is -2.10. The number of fused-ring (bicyclic) bond motifs is 3. The second-order valence-corrected chi connectivity index (χ2v) is 7.40. The van der Waals surface area contributed by atoms with Gasteiger partial charge in [0.25, 0.3) is 5.91 Å².